The van der Waals surface area contributed by atoms with Crippen LogP contribution < -0.4 is 15.0 Å². The van der Waals surface area contributed by atoms with Crippen LogP contribution in [-0.2, 0) is 16.0 Å². The molecule has 0 spiro atoms. The summed E-state index contributed by atoms with van der Waals surface area (Å²) in [5, 5.41) is 3.77. The van der Waals surface area contributed by atoms with Gasteiger partial charge in [-0.25, -0.2) is 0 Å². The molecule has 27 heavy (non-hydrogen) atoms. The summed E-state index contributed by atoms with van der Waals surface area (Å²) in [6.07, 6.45) is 0.177. The first-order valence-electron chi connectivity index (χ1n) is 8.77. The van der Waals surface area contributed by atoms with E-state index in [1.807, 2.05) is 19.1 Å². The second-order valence-corrected chi connectivity index (χ2v) is 7.13. The topological polar surface area (TPSA) is 58.6 Å². The summed E-state index contributed by atoms with van der Waals surface area (Å²) >= 11 is 12.1. The molecule has 0 aliphatic carbocycles. The van der Waals surface area contributed by atoms with Gasteiger partial charge in [-0.15, -0.1) is 0 Å². The molecular formula is C20H20Cl2N2O3. The second-order valence-electron chi connectivity index (χ2n) is 6.28. The predicted octanol–water partition coefficient (Wildman–Crippen LogP) is 3.86. The van der Waals surface area contributed by atoms with Gasteiger partial charge in [-0.3, -0.25) is 9.59 Å². The van der Waals surface area contributed by atoms with Crippen LogP contribution in [0.25, 0.3) is 0 Å². The van der Waals surface area contributed by atoms with Gasteiger partial charge in [0.15, 0.2) is 6.10 Å². The number of para-hydroxylation sites is 2. The van der Waals surface area contributed by atoms with Crippen molar-refractivity contribution in [1.82, 2.24) is 5.32 Å². The zero-order valence-corrected chi connectivity index (χ0v) is 16.4. The molecule has 1 heterocycles. The lowest BCUT2D eigenvalue weighted by molar-refractivity contribution is -0.128. The number of carbonyl (C=O) groups excluding carboxylic acids is 2. The number of nitrogens with zero attached hydrogens (tertiary/aromatic N) is 1. The number of rotatable bonds is 5. The van der Waals surface area contributed by atoms with Gasteiger partial charge in [0.2, 0.25) is 5.91 Å². The third kappa shape index (κ3) is 4.54. The number of nitrogens with one attached hydrogen (secondary N) is 1. The monoisotopic (exact) mass is 406 g/mol. The zero-order chi connectivity index (χ0) is 19.4. The number of hydrogen-bond acceptors (Lipinski definition) is 3. The average Bonchev–Trinajstić information content (AvgIpc) is 2.67. The zero-order valence-electron chi connectivity index (χ0n) is 14.9. The first-order chi connectivity index (χ1) is 13.0. The molecule has 0 radical (unpaired) electrons. The molecule has 3 rings (SSSR count). The smallest absolute Gasteiger partial charge is 0.262 e. The van der Waals surface area contributed by atoms with Crippen LogP contribution >= 0.6 is 23.2 Å². The molecule has 142 valence electrons. The Morgan fingerprint density at radius 2 is 2.00 bits per heavy atom. The van der Waals surface area contributed by atoms with Gasteiger partial charge in [-0.1, -0.05) is 48.3 Å². The Morgan fingerprint density at radius 1 is 1.22 bits per heavy atom. The summed E-state index contributed by atoms with van der Waals surface area (Å²) < 4.78 is 5.81. The van der Waals surface area contributed by atoms with Gasteiger partial charge in [-0.05, 0) is 36.2 Å². The van der Waals surface area contributed by atoms with Crippen LogP contribution in [0.2, 0.25) is 10.0 Å². The van der Waals surface area contributed by atoms with E-state index in [0.29, 0.717) is 33.6 Å². The minimum atomic E-state index is -0.754. The van der Waals surface area contributed by atoms with Gasteiger partial charge in [0.05, 0.1) is 18.7 Å². The Balaban J connectivity index is 1.83. The normalized spacial score (nSPS) is 15.7. The van der Waals surface area contributed by atoms with Gasteiger partial charge < -0.3 is 15.0 Å². The van der Waals surface area contributed by atoms with Crippen molar-refractivity contribution in [1.29, 1.82) is 0 Å². The highest BCUT2D eigenvalue weighted by atomic mass is 35.5. The largest absolute Gasteiger partial charge is 0.477 e. The summed E-state index contributed by atoms with van der Waals surface area (Å²) in [6.45, 7) is 2.69. The highest BCUT2D eigenvalue weighted by Crippen LogP contribution is 2.34. The molecule has 2 amide bonds. The average molecular weight is 407 g/mol. The lowest BCUT2D eigenvalue weighted by Gasteiger charge is -2.34. The first kappa shape index (κ1) is 19.5. The quantitative estimate of drug-likeness (QED) is 0.819. The molecule has 0 unspecified atom stereocenters. The van der Waals surface area contributed by atoms with Crippen LogP contribution in [0.1, 0.15) is 18.9 Å². The fourth-order valence-corrected chi connectivity index (χ4v) is 3.37. The van der Waals surface area contributed by atoms with E-state index in [4.69, 9.17) is 27.9 Å². The minimum Gasteiger partial charge on any atom is -0.477 e. The molecule has 2 aromatic carbocycles. The molecule has 0 saturated heterocycles. The molecule has 5 nitrogen and oxygen atoms in total. The minimum absolute atomic E-state index is 0.105. The Labute approximate surface area is 168 Å². The number of hydrogen-bond donors (Lipinski definition) is 1. The van der Waals surface area contributed by atoms with Crippen molar-refractivity contribution < 1.29 is 14.3 Å². The van der Waals surface area contributed by atoms with E-state index >= 15 is 0 Å². The van der Waals surface area contributed by atoms with Crippen molar-refractivity contribution in [3.8, 4) is 5.75 Å². The number of amides is 2. The third-order valence-electron chi connectivity index (χ3n) is 4.27. The van der Waals surface area contributed by atoms with Crippen LogP contribution in [-0.4, -0.2) is 31.0 Å². The van der Waals surface area contributed by atoms with Crippen molar-refractivity contribution >= 4 is 40.7 Å². The molecular weight excluding hydrogens is 387 g/mol. The highest BCUT2D eigenvalue weighted by molar-refractivity contribution is 6.35. The summed E-state index contributed by atoms with van der Waals surface area (Å²) in [6, 6.07) is 12.2. The second kappa shape index (κ2) is 8.63. The summed E-state index contributed by atoms with van der Waals surface area (Å²) in [7, 11) is 0. The number of anilines is 1. The van der Waals surface area contributed by atoms with Gasteiger partial charge in [0, 0.05) is 16.6 Å². The Hall–Kier alpha value is -2.24. The maximum Gasteiger partial charge on any atom is 0.262 e. The fourth-order valence-electron chi connectivity index (χ4n) is 2.89. The number of fused-ring (bicyclic) bond motifs is 1. The summed E-state index contributed by atoms with van der Waals surface area (Å²) in [4.78, 5) is 27.0. The summed E-state index contributed by atoms with van der Waals surface area (Å²) in [5.74, 6) is 0.118. The van der Waals surface area contributed by atoms with E-state index in [9.17, 15) is 9.59 Å². The number of halogens is 2. The lowest BCUT2D eigenvalue weighted by atomic mass is 10.1. The van der Waals surface area contributed by atoms with E-state index in [0.717, 1.165) is 6.42 Å². The van der Waals surface area contributed by atoms with Crippen molar-refractivity contribution in [3.05, 3.63) is 58.1 Å². The van der Waals surface area contributed by atoms with Crippen LogP contribution in [0.5, 0.6) is 5.75 Å². The molecule has 1 aliphatic heterocycles. The molecule has 0 saturated carbocycles. The van der Waals surface area contributed by atoms with Crippen molar-refractivity contribution in [2.45, 2.75) is 25.9 Å². The molecule has 2 aromatic rings. The Bertz CT molecular complexity index is 857. The van der Waals surface area contributed by atoms with Crippen LogP contribution in [0.15, 0.2) is 42.5 Å². The molecule has 1 atom stereocenters. The molecule has 7 heteroatoms. The van der Waals surface area contributed by atoms with Gasteiger partial charge in [0.25, 0.3) is 5.91 Å². The van der Waals surface area contributed by atoms with Crippen molar-refractivity contribution in [2.75, 3.05) is 18.0 Å². The summed E-state index contributed by atoms with van der Waals surface area (Å²) in [5.41, 5.74) is 1.33. The maximum atomic E-state index is 13.0. The standard InChI is InChI=1S/C20H20Cl2N2O3/c1-2-9-23-20(26)18-12-24(16-5-3-4-6-17(16)27-18)19(25)10-13-7-8-14(21)11-15(13)22/h3-8,11,18H,2,9-10,12H2,1H3,(H,23,26)/t18-/m1/s1. The van der Waals surface area contributed by atoms with E-state index < -0.39 is 6.10 Å². The van der Waals surface area contributed by atoms with E-state index in [2.05, 4.69) is 5.32 Å². The first-order valence-corrected chi connectivity index (χ1v) is 9.53. The SMILES string of the molecule is CCCNC(=O)[C@H]1CN(C(=O)Cc2ccc(Cl)cc2Cl)c2ccccc2O1. The Morgan fingerprint density at radius 3 is 2.74 bits per heavy atom. The lowest BCUT2D eigenvalue weighted by Crippen LogP contribution is -2.51. The van der Waals surface area contributed by atoms with Gasteiger partial charge >= 0.3 is 0 Å². The predicted molar refractivity (Wildman–Crippen MR) is 107 cm³/mol. The van der Waals surface area contributed by atoms with Crippen molar-refractivity contribution in [3.63, 3.8) is 0 Å². The van der Waals surface area contributed by atoms with E-state index in [-0.39, 0.29) is 24.8 Å². The Kier molecular flexibility index (Phi) is 6.24. The molecule has 0 aromatic heterocycles. The highest BCUT2D eigenvalue weighted by Gasteiger charge is 2.33. The number of ether oxygens (including phenoxy) is 1. The fraction of sp³-hybridized carbons (Fsp3) is 0.300. The van der Waals surface area contributed by atoms with E-state index in [1.54, 1.807) is 35.2 Å². The molecule has 0 bridgehead atoms. The maximum absolute atomic E-state index is 13.0. The van der Waals surface area contributed by atoms with Crippen LogP contribution in [0, 0.1) is 0 Å². The van der Waals surface area contributed by atoms with Gasteiger partial charge in [-0.2, -0.15) is 0 Å². The molecule has 1 N–H and O–H groups in total. The van der Waals surface area contributed by atoms with Crippen molar-refractivity contribution in [2.24, 2.45) is 0 Å². The number of benzene rings is 2. The van der Waals surface area contributed by atoms with E-state index in [1.165, 1.54) is 0 Å². The molecule has 1 aliphatic rings. The van der Waals surface area contributed by atoms with Crippen LogP contribution in [0.3, 0.4) is 0 Å². The van der Waals surface area contributed by atoms with Crippen LogP contribution in [0.4, 0.5) is 5.69 Å². The third-order valence-corrected chi connectivity index (χ3v) is 4.86. The number of carbonyl (C=O) groups is 2. The van der Waals surface area contributed by atoms with Gasteiger partial charge in [0.1, 0.15) is 5.75 Å². The molecule has 0 fully saturated rings.